The van der Waals surface area contributed by atoms with E-state index < -0.39 is 5.60 Å². The Morgan fingerprint density at radius 2 is 0.683 bits per heavy atom. The summed E-state index contributed by atoms with van der Waals surface area (Å²) in [5.41, 5.74) is 7.77. The molecule has 0 aromatic rings. The average Bonchev–Trinajstić information content (AvgIpc) is 2.85. The van der Waals surface area contributed by atoms with Gasteiger partial charge in [-0.15, -0.1) is 0 Å². The maximum atomic E-state index is 9.76. The van der Waals surface area contributed by atoms with Crippen molar-refractivity contribution in [3.8, 4) is 0 Å². The molecule has 0 bridgehead atoms. The van der Waals surface area contributed by atoms with Crippen LogP contribution in [0.25, 0.3) is 0 Å². The van der Waals surface area contributed by atoms with E-state index in [0.717, 1.165) is 5.57 Å². The number of aliphatic hydroxyl groups is 1. The van der Waals surface area contributed by atoms with E-state index in [1.165, 1.54) is 33.4 Å². The van der Waals surface area contributed by atoms with Crippen LogP contribution in [0.3, 0.4) is 0 Å². The third-order valence-corrected chi connectivity index (χ3v) is 5.49. The molecule has 1 N–H and O–H groups in total. The quantitative estimate of drug-likeness (QED) is 0.201. The highest BCUT2D eigenvalue weighted by Crippen LogP contribution is 2.09. The van der Waals surface area contributed by atoms with Crippen LogP contribution in [0.15, 0.2) is 167 Å². The van der Waals surface area contributed by atoms with Crippen molar-refractivity contribution in [2.75, 3.05) is 0 Å². The van der Waals surface area contributed by atoms with Gasteiger partial charge < -0.3 is 5.11 Å². The van der Waals surface area contributed by atoms with E-state index in [0.29, 0.717) is 6.42 Å². The van der Waals surface area contributed by atoms with Gasteiger partial charge in [0.25, 0.3) is 0 Å². The molecule has 0 amide bonds. The largest absolute Gasteiger partial charge is 0.390 e. The Morgan fingerprint density at radius 1 is 0.415 bits per heavy atom. The van der Waals surface area contributed by atoms with Gasteiger partial charge in [-0.2, -0.15) is 0 Å². The second-order valence-electron chi connectivity index (χ2n) is 11.3. The SMILES string of the molecule is CC(C)=C/C=C/C(C)=C/C=C/C(C)=C/C=C/C(C)=C/C=C/C=C(C)/C=C/C=C(C)/C=C/C=C(C)/C=C/CC(C)(C)O. The lowest BCUT2D eigenvalue weighted by atomic mass is 10.0. The Hall–Kier alpha value is -3.68. The van der Waals surface area contributed by atoms with Gasteiger partial charge in [0.2, 0.25) is 0 Å². The van der Waals surface area contributed by atoms with Crippen LogP contribution in [0.4, 0.5) is 0 Å². The lowest BCUT2D eigenvalue weighted by Gasteiger charge is -2.13. The number of hydrogen-bond acceptors (Lipinski definition) is 1. The second-order valence-corrected chi connectivity index (χ2v) is 11.3. The molecular formula is C40H54O. The van der Waals surface area contributed by atoms with Crippen LogP contribution in [0.1, 0.15) is 75.7 Å². The van der Waals surface area contributed by atoms with Crippen molar-refractivity contribution in [1.82, 2.24) is 0 Å². The summed E-state index contributed by atoms with van der Waals surface area (Å²) in [4.78, 5) is 0. The van der Waals surface area contributed by atoms with Crippen molar-refractivity contribution in [2.45, 2.75) is 81.3 Å². The monoisotopic (exact) mass is 550 g/mol. The van der Waals surface area contributed by atoms with Crippen molar-refractivity contribution < 1.29 is 5.11 Å². The summed E-state index contributed by atoms with van der Waals surface area (Å²) >= 11 is 0. The summed E-state index contributed by atoms with van der Waals surface area (Å²) in [6.45, 7) is 20.4. The lowest BCUT2D eigenvalue weighted by Crippen LogP contribution is -2.16. The maximum absolute atomic E-state index is 9.76. The Morgan fingerprint density at radius 3 is 0.976 bits per heavy atom. The van der Waals surface area contributed by atoms with E-state index in [1.54, 1.807) is 0 Å². The van der Waals surface area contributed by atoms with E-state index >= 15 is 0 Å². The predicted octanol–water partition coefficient (Wildman–Crippen LogP) is 11.7. The van der Waals surface area contributed by atoms with Gasteiger partial charge in [0.1, 0.15) is 0 Å². The smallest absolute Gasteiger partial charge is 0.0626 e. The molecule has 0 unspecified atom stereocenters. The zero-order valence-corrected chi connectivity index (χ0v) is 27.3. The second kappa shape index (κ2) is 22.1. The van der Waals surface area contributed by atoms with E-state index in [9.17, 15) is 5.11 Å². The molecule has 0 radical (unpaired) electrons. The van der Waals surface area contributed by atoms with Gasteiger partial charge in [0.05, 0.1) is 5.60 Å². The van der Waals surface area contributed by atoms with Crippen LogP contribution in [0.2, 0.25) is 0 Å². The van der Waals surface area contributed by atoms with Crippen LogP contribution in [0, 0.1) is 0 Å². The van der Waals surface area contributed by atoms with Crippen molar-refractivity contribution in [2.24, 2.45) is 0 Å². The molecule has 0 aliphatic rings. The van der Waals surface area contributed by atoms with Crippen LogP contribution in [-0.2, 0) is 0 Å². The first-order chi connectivity index (χ1) is 19.3. The van der Waals surface area contributed by atoms with Crippen molar-refractivity contribution in [3.05, 3.63) is 167 Å². The molecule has 0 saturated carbocycles. The molecule has 41 heavy (non-hydrogen) atoms. The van der Waals surface area contributed by atoms with Gasteiger partial charge in [0, 0.05) is 0 Å². The highest BCUT2D eigenvalue weighted by molar-refractivity contribution is 5.34. The Bertz CT molecular complexity index is 1220. The van der Waals surface area contributed by atoms with E-state index in [-0.39, 0.29) is 0 Å². The molecule has 0 saturated heterocycles. The highest BCUT2D eigenvalue weighted by atomic mass is 16.3. The Kier molecular flexibility index (Phi) is 20.1. The van der Waals surface area contributed by atoms with E-state index in [1.807, 2.05) is 26.0 Å². The molecule has 0 atom stereocenters. The fourth-order valence-corrected chi connectivity index (χ4v) is 3.08. The third-order valence-electron chi connectivity index (χ3n) is 5.49. The molecule has 0 aromatic carbocycles. The van der Waals surface area contributed by atoms with Gasteiger partial charge in [-0.25, -0.2) is 0 Å². The van der Waals surface area contributed by atoms with Crippen LogP contribution >= 0.6 is 0 Å². The molecular weight excluding hydrogens is 496 g/mol. The predicted molar refractivity (Wildman–Crippen MR) is 187 cm³/mol. The minimum Gasteiger partial charge on any atom is -0.390 e. The summed E-state index contributed by atoms with van der Waals surface area (Å²) in [7, 11) is 0. The molecule has 0 spiro atoms. The van der Waals surface area contributed by atoms with E-state index in [2.05, 4.69) is 171 Å². The summed E-state index contributed by atoms with van der Waals surface area (Å²) in [6, 6.07) is 0. The molecule has 0 heterocycles. The fourth-order valence-electron chi connectivity index (χ4n) is 3.08. The first kappa shape index (κ1) is 37.3. The topological polar surface area (TPSA) is 20.2 Å². The van der Waals surface area contributed by atoms with Crippen molar-refractivity contribution >= 4 is 0 Å². The minimum atomic E-state index is -0.663. The molecule has 0 aromatic heterocycles. The molecule has 0 fully saturated rings. The summed E-state index contributed by atoms with van der Waals surface area (Å²) < 4.78 is 0. The fraction of sp³-hybridized carbons (Fsp3) is 0.300. The minimum absolute atomic E-state index is 0.644. The van der Waals surface area contributed by atoms with Gasteiger partial charge in [0.15, 0.2) is 0 Å². The molecule has 1 heteroatoms. The standard InChI is InChI=1S/C40H54O/c1-33(2)19-13-22-36(5)25-16-28-37(6)26-14-23-34(3)20-11-12-21-35(4)24-15-27-38(7)29-17-30-39(8)31-18-32-40(9,10)41/h11-31,41H,32H2,1-10H3/b12-11+,22-13+,23-14+,24-15+,28-16+,29-17+,31-18+,34-20+,35-21+,36-25+,37-26+,38-27+,39-30+. The Labute approximate surface area is 252 Å². The van der Waals surface area contributed by atoms with Crippen LogP contribution < -0.4 is 0 Å². The number of rotatable bonds is 15. The van der Waals surface area contributed by atoms with Crippen LogP contribution in [0.5, 0.6) is 0 Å². The third kappa shape index (κ3) is 26.3. The zero-order valence-electron chi connectivity index (χ0n) is 27.3. The van der Waals surface area contributed by atoms with Crippen molar-refractivity contribution in [1.29, 1.82) is 0 Å². The number of hydrogen-bond donors (Lipinski definition) is 1. The average molecular weight is 551 g/mol. The molecule has 220 valence electrons. The first-order valence-corrected chi connectivity index (χ1v) is 14.4. The zero-order chi connectivity index (χ0) is 31.1. The molecule has 0 aliphatic heterocycles. The molecule has 0 aliphatic carbocycles. The summed E-state index contributed by atoms with van der Waals surface area (Å²) in [5.74, 6) is 0. The van der Waals surface area contributed by atoms with E-state index in [4.69, 9.17) is 0 Å². The van der Waals surface area contributed by atoms with Gasteiger partial charge in [-0.05, 0) is 75.7 Å². The number of allylic oxidation sites excluding steroid dienone is 27. The maximum Gasteiger partial charge on any atom is 0.0626 e. The Balaban J connectivity index is 4.79. The van der Waals surface area contributed by atoms with Crippen molar-refractivity contribution in [3.63, 3.8) is 0 Å². The lowest BCUT2D eigenvalue weighted by molar-refractivity contribution is 0.0839. The summed E-state index contributed by atoms with van der Waals surface area (Å²) in [5, 5.41) is 9.76. The molecule has 1 nitrogen and oxygen atoms in total. The van der Waals surface area contributed by atoms with Crippen LogP contribution in [-0.4, -0.2) is 10.7 Å². The first-order valence-electron chi connectivity index (χ1n) is 14.4. The highest BCUT2D eigenvalue weighted by Gasteiger charge is 2.08. The summed E-state index contributed by atoms with van der Waals surface area (Å²) in [6.07, 6.45) is 44.5. The normalized spacial score (nSPS) is 16.0. The van der Waals surface area contributed by atoms with Gasteiger partial charge in [-0.3, -0.25) is 0 Å². The van der Waals surface area contributed by atoms with Gasteiger partial charge in [-0.1, -0.05) is 167 Å². The molecule has 0 rings (SSSR count). The van der Waals surface area contributed by atoms with Gasteiger partial charge >= 0.3 is 0 Å².